The Bertz CT molecular complexity index is 327. The molecule has 3 rings (SSSR count). The second-order valence-corrected chi connectivity index (χ2v) is 8.43. The third-order valence-corrected chi connectivity index (χ3v) is 7.04. The van der Waals surface area contributed by atoms with Crippen LogP contribution >= 0.6 is 11.8 Å². The summed E-state index contributed by atoms with van der Waals surface area (Å²) in [6.07, 6.45) is 9.28. The molecule has 3 fully saturated rings. The first-order chi connectivity index (χ1) is 10.2. The minimum Gasteiger partial charge on any atom is -0.375 e. The summed E-state index contributed by atoms with van der Waals surface area (Å²) in [6, 6.07) is 1.32. The summed E-state index contributed by atoms with van der Waals surface area (Å²) in [5, 5.41) is 3.68. The Morgan fingerprint density at radius 2 is 2.10 bits per heavy atom. The molecule has 122 valence electrons. The lowest BCUT2D eigenvalue weighted by molar-refractivity contribution is -0.124. The van der Waals surface area contributed by atoms with Gasteiger partial charge in [-0.15, -0.1) is 0 Å². The molecule has 0 aromatic rings. The van der Waals surface area contributed by atoms with Crippen molar-refractivity contribution in [1.29, 1.82) is 0 Å². The van der Waals surface area contributed by atoms with Crippen molar-refractivity contribution >= 4 is 11.8 Å². The Labute approximate surface area is 134 Å². The standard InChI is InChI=1S/C17H32N2OS/c1-18-16(15-13-21-11-9-19(15)2)14-6-10-20-17(12-14)7-4-3-5-8-17/h14-16,18H,3-13H2,1-2H3. The molecular weight excluding hydrogens is 280 g/mol. The molecule has 3 nitrogen and oxygen atoms in total. The van der Waals surface area contributed by atoms with Crippen LogP contribution in [0.15, 0.2) is 0 Å². The molecule has 2 aliphatic heterocycles. The first-order valence-corrected chi connectivity index (χ1v) is 9.99. The molecule has 2 heterocycles. The van der Waals surface area contributed by atoms with Gasteiger partial charge in [-0.3, -0.25) is 0 Å². The molecule has 3 aliphatic rings. The molecule has 21 heavy (non-hydrogen) atoms. The van der Waals surface area contributed by atoms with Gasteiger partial charge in [0.15, 0.2) is 0 Å². The molecular formula is C17H32N2OS. The lowest BCUT2D eigenvalue weighted by Crippen LogP contribution is -2.57. The first-order valence-electron chi connectivity index (χ1n) is 8.83. The number of likely N-dealkylation sites (N-methyl/N-ethyl adjacent to an activating group) is 2. The zero-order valence-electron chi connectivity index (χ0n) is 13.8. The number of nitrogens with zero attached hydrogens (tertiary/aromatic N) is 1. The van der Waals surface area contributed by atoms with Crippen LogP contribution in [0.25, 0.3) is 0 Å². The first kappa shape index (κ1) is 16.1. The van der Waals surface area contributed by atoms with Gasteiger partial charge in [-0.1, -0.05) is 19.3 Å². The highest BCUT2D eigenvalue weighted by molar-refractivity contribution is 7.99. The van der Waals surface area contributed by atoms with E-state index in [1.54, 1.807) is 0 Å². The Morgan fingerprint density at radius 1 is 1.29 bits per heavy atom. The molecule has 0 amide bonds. The fraction of sp³-hybridized carbons (Fsp3) is 1.00. The molecule has 0 bridgehead atoms. The van der Waals surface area contributed by atoms with Crippen LogP contribution in [0, 0.1) is 5.92 Å². The quantitative estimate of drug-likeness (QED) is 0.866. The maximum atomic E-state index is 6.30. The van der Waals surface area contributed by atoms with Gasteiger partial charge >= 0.3 is 0 Å². The number of rotatable bonds is 3. The molecule has 3 atom stereocenters. The van der Waals surface area contributed by atoms with Crippen molar-refractivity contribution in [2.75, 3.05) is 38.8 Å². The van der Waals surface area contributed by atoms with E-state index in [9.17, 15) is 0 Å². The molecule has 1 N–H and O–H groups in total. The number of nitrogens with one attached hydrogen (secondary N) is 1. The van der Waals surface area contributed by atoms with Gasteiger partial charge in [0.05, 0.1) is 5.60 Å². The normalized spacial score (nSPS) is 35.7. The SMILES string of the molecule is CNC(C1CCOC2(CCCCC2)C1)C1CSCCN1C. The largest absolute Gasteiger partial charge is 0.375 e. The van der Waals surface area contributed by atoms with Gasteiger partial charge in [-0.25, -0.2) is 0 Å². The maximum Gasteiger partial charge on any atom is 0.0685 e. The van der Waals surface area contributed by atoms with E-state index in [1.807, 2.05) is 0 Å². The van der Waals surface area contributed by atoms with Gasteiger partial charge in [0, 0.05) is 36.7 Å². The predicted octanol–water partition coefficient (Wildman–Crippen LogP) is 2.75. The molecule has 0 radical (unpaired) electrons. The van der Waals surface area contributed by atoms with Crippen molar-refractivity contribution in [3.05, 3.63) is 0 Å². The van der Waals surface area contributed by atoms with Crippen molar-refractivity contribution in [3.8, 4) is 0 Å². The van der Waals surface area contributed by atoms with Crippen LogP contribution in [-0.4, -0.2) is 61.3 Å². The fourth-order valence-electron chi connectivity index (χ4n) is 4.74. The van der Waals surface area contributed by atoms with E-state index in [-0.39, 0.29) is 5.60 Å². The maximum absolute atomic E-state index is 6.30. The number of ether oxygens (including phenoxy) is 1. The lowest BCUT2D eigenvalue weighted by atomic mass is 9.73. The molecule has 4 heteroatoms. The van der Waals surface area contributed by atoms with Gasteiger partial charge < -0.3 is 15.0 Å². The zero-order chi connectivity index (χ0) is 14.7. The van der Waals surface area contributed by atoms with Crippen LogP contribution < -0.4 is 5.32 Å². The Hall–Kier alpha value is 0.230. The lowest BCUT2D eigenvalue weighted by Gasteiger charge is -2.48. The van der Waals surface area contributed by atoms with Crippen LogP contribution in [0.3, 0.4) is 0 Å². The topological polar surface area (TPSA) is 24.5 Å². The van der Waals surface area contributed by atoms with E-state index in [0.29, 0.717) is 12.1 Å². The van der Waals surface area contributed by atoms with Gasteiger partial charge in [0.25, 0.3) is 0 Å². The summed E-state index contributed by atoms with van der Waals surface area (Å²) < 4.78 is 6.30. The summed E-state index contributed by atoms with van der Waals surface area (Å²) in [5.74, 6) is 3.36. The van der Waals surface area contributed by atoms with E-state index in [0.717, 1.165) is 12.5 Å². The van der Waals surface area contributed by atoms with E-state index in [4.69, 9.17) is 4.74 Å². The van der Waals surface area contributed by atoms with Crippen molar-refractivity contribution < 1.29 is 4.74 Å². The van der Waals surface area contributed by atoms with Crippen LogP contribution in [0.4, 0.5) is 0 Å². The zero-order valence-corrected chi connectivity index (χ0v) is 14.6. The molecule has 2 saturated heterocycles. The van der Waals surface area contributed by atoms with E-state index >= 15 is 0 Å². The highest BCUT2D eigenvalue weighted by atomic mass is 32.2. The van der Waals surface area contributed by atoms with Crippen LogP contribution in [0.5, 0.6) is 0 Å². The molecule has 1 saturated carbocycles. The summed E-state index contributed by atoms with van der Waals surface area (Å²) in [7, 11) is 4.48. The molecule has 3 unspecified atom stereocenters. The van der Waals surface area contributed by atoms with E-state index < -0.39 is 0 Å². The Balaban J connectivity index is 1.68. The summed E-state index contributed by atoms with van der Waals surface area (Å²) in [5.41, 5.74) is 0.233. The second-order valence-electron chi connectivity index (χ2n) is 7.28. The fourth-order valence-corrected chi connectivity index (χ4v) is 6.03. The third-order valence-electron chi connectivity index (χ3n) is 5.99. The molecule has 0 aromatic carbocycles. The average Bonchev–Trinajstić information content (AvgIpc) is 2.51. The average molecular weight is 313 g/mol. The summed E-state index contributed by atoms with van der Waals surface area (Å²) >= 11 is 2.13. The van der Waals surface area contributed by atoms with Crippen LogP contribution in [0.1, 0.15) is 44.9 Å². The Kier molecular flexibility index (Phi) is 5.52. The van der Waals surface area contributed by atoms with Crippen LogP contribution in [0.2, 0.25) is 0 Å². The minimum absolute atomic E-state index is 0.233. The summed E-state index contributed by atoms with van der Waals surface area (Å²) in [6.45, 7) is 2.22. The number of hydrogen-bond donors (Lipinski definition) is 1. The molecule has 0 aromatic heterocycles. The van der Waals surface area contributed by atoms with E-state index in [2.05, 4.69) is 36.1 Å². The van der Waals surface area contributed by atoms with Crippen molar-refractivity contribution in [2.45, 2.75) is 62.6 Å². The van der Waals surface area contributed by atoms with Crippen molar-refractivity contribution in [2.24, 2.45) is 5.92 Å². The predicted molar refractivity (Wildman–Crippen MR) is 91.1 cm³/mol. The molecule has 1 aliphatic carbocycles. The van der Waals surface area contributed by atoms with Crippen molar-refractivity contribution in [3.63, 3.8) is 0 Å². The number of thioether (sulfide) groups is 1. The van der Waals surface area contributed by atoms with Gasteiger partial charge in [-0.2, -0.15) is 11.8 Å². The van der Waals surface area contributed by atoms with Gasteiger partial charge in [0.1, 0.15) is 0 Å². The Morgan fingerprint density at radius 3 is 2.81 bits per heavy atom. The van der Waals surface area contributed by atoms with Crippen LogP contribution in [-0.2, 0) is 4.74 Å². The monoisotopic (exact) mass is 312 g/mol. The number of hydrogen-bond acceptors (Lipinski definition) is 4. The smallest absolute Gasteiger partial charge is 0.0685 e. The summed E-state index contributed by atoms with van der Waals surface area (Å²) in [4.78, 5) is 2.58. The van der Waals surface area contributed by atoms with Gasteiger partial charge in [0.2, 0.25) is 0 Å². The van der Waals surface area contributed by atoms with E-state index in [1.165, 1.54) is 63.0 Å². The molecule has 1 spiro atoms. The minimum atomic E-state index is 0.233. The third kappa shape index (κ3) is 3.60. The van der Waals surface area contributed by atoms with Gasteiger partial charge in [-0.05, 0) is 45.7 Å². The highest BCUT2D eigenvalue weighted by Crippen LogP contribution is 2.42. The second kappa shape index (κ2) is 7.20. The highest BCUT2D eigenvalue weighted by Gasteiger charge is 2.43. The van der Waals surface area contributed by atoms with Crippen molar-refractivity contribution in [1.82, 2.24) is 10.2 Å².